The number of amides is 1. The average Bonchev–Trinajstić information content (AvgIpc) is 3.01. The SMILES string of the molecule is C[C@@H]1c2ccsc2CCN1CC(=O)Nc1ccc([N+](=O)[O-])cc1Cl. The second kappa shape index (κ2) is 6.88. The number of anilines is 1. The van der Waals surface area contributed by atoms with Gasteiger partial charge in [0.05, 0.1) is 22.2 Å². The van der Waals surface area contributed by atoms with Gasteiger partial charge in [0.25, 0.3) is 5.69 Å². The van der Waals surface area contributed by atoms with E-state index in [-0.39, 0.29) is 29.2 Å². The van der Waals surface area contributed by atoms with Gasteiger partial charge in [0, 0.05) is 29.6 Å². The van der Waals surface area contributed by atoms with E-state index in [1.807, 2.05) is 0 Å². The van der Waals surface area contributed by atoms with E-state index < -0.39 is 4.92 Å². The summed E-state index contributed by atoms with van der Waals surface area (Å²) in [4.78, 5) is 26.0. The molecule has 24 heavy (non-hydrogen) atoms. The Balaban J connectivity index is 1.65. The minimum Gasteiger partial charge on any atom is -0.324 e. The number of carbonyl (C=O) groups is 1. The van der Waals surface area contributed by atoms with Crippen LogP contribution in [0.15, 0.2) is 29.6 Å². The molecule has 0 saturated heterocycles. The van der Waals surface area contributed by atoms with Gasteiger partial charge in [-0.25, -0.2) is 0 Å². The maximum absolute atomic E-state index is 12.3. The normalized spacial score (nSPS) is 17.3. The number of nitro groups is 1. The monoisotopic (exact) mass is 365 g/mol. The lowest BCUT2D eigenvalue weighted by molar-refractivity contribution is -0.384. The van der Waals surface area contributed by atoms with E-state index in [2.05, 4.69) is 28.6 Å². The first-order chi connectivity index (χ1) is 11.5. The molecule has 0 radical (unpaired) electrons. The Bertz CT molecular complexity index is 793. The van der Waals surface area contributed by atoms with Crippen LogP contribution < -0.4 is 5.32 Å². The molecule has 0 unspecified atom stereocenters. The quantitative estimate of drug-likeness (QED) is 0.659. The lowest BCUT2D eigenvalue weighted by Gasteiger charge is -2.32. The molecule has 2 heterocycles. The predicted octanol–water partition coefficient (Wildman–Crippen LogP) is 3.87. The van der Waals surface area contributed by atoms with Crippen molar-refractivity contribution in [2.45, 2.75) is 19.4 Å². The lowest BCUT2D eigenvalue weighted by atomic mass is 10.0. The molecule has 0 aliphatic carbocycles. The number of nitrogens with zero attached hydrogens (tertiary/aromatic N) is 2. The van der Waals surface area contributed by atoms with Crippen LogP contribution >= 0.6 is 22.9 Å². The van der Waals surface area contributed by atoms with Crippen molar-refractivity contribution in [3.05, 3.63) is 55.2 Å². The molecular formula is C16H16ClN3O3S. The van der Waals surface area contributed by atoms with Crippen molar-refractivity contribution in [1.29, 1.82) is 0 Å². The molecule has 0 fully saturated rings. The number of hydrogen-bond donors (Lipinski definition) is 1. The van der Waals surface area contributed by atoms with E-state index >= 15 is 0 Å². The van der Waals surface area contributed by atoms with Crippen LogP contribution in [0.25, 0.3) is 0 Å². The number of halogens is 1. The summed E-state index contributed by atoms with van der Waals surface area (Å²) in [5, 5.41) is 15.7. The molecule has 1 aliphatic heterocycles. The number of nitro benzene ring substituents is 1. The Morgan fingerprint density at radius 1 is 1.50 bits per heavy atom. The Labute approximate surface area is 148 Å². The molecule has 1 aromatic heterocycles. The fourth-order valence-corrected chi connectivity index (χ4v) is 4.06. The summed E-state index contributed by atoms with van der Waals surface area (Å²) in [6.07, 6.45) is 0.947. The van der Waals surface area contributed by atoms with E-state index in [0.717, 1.165) is 13.0 Å². The summed E-state index contributed by atoms with van der Waals surface area (Å²) >= 11 is 7.77. The number of thiophene rings is 1. The van der Waals surface area contributed by atoms with Crippen LogP contribution in [0.4, 0.5) is 11.4 Å². The second-order valence-electron chi connectivity index (χ2n) is 5.67. The summed E-state index contributed by atoms with van der Waals surface area (Å²) < 4.78 is 0. The smallest absolute Gasteiger partial charge is 0.271 e. The van der Waals surface area contributed by atoms with Crippen LogP contribution in [0.2, 0.25) is 5.02 Å². The number of carbonyl (C=O) groups excluding carboxylic acids is 1. The first kappa shape index (κ1) is 16.9. The van der Waals surface area contributed by atoms with Crippen molar-refractivity contribution in [3.63, 3.8) is 0 Å². The molecule has 1 atom stereocenters. The Hall–Kier alpha value is -1.96. The molecule has 6 nitrogen and oxygen atoms in total. The van der Waals surface area contributed by atoms with Crippen molar-refractivity contribution in [2.75, 3.05) is 18.4 Å². The molecule has 8 heteroatoms. The maximum Gasteiger partial charge on any atom is 0.271 e. The minimum atomic E-state index is -0.522. The van der Waals surface area contributed by atoms with Gasteiger partial charge >= 0.3 is 0 Å². The van der Waals surface area contributed by atoms with Crippen molar-refractivity contribution in [1.82, 2.24) is 4.90 Å². The molecule has 1 aliphatic rings. The summed E-state index contributed by atoms with van der Waals surface area (Å²) in [6, 6.07) is 6.32. The summed E-state index contributed by atoms with van der Waals surface area (Å²) in [5.41, 5.74) is 1.56. The third-order valence-electron chi connectivity index (χ3n) is 4.19. The molecule has 0 saturated carbocycles. The zero-order valence-electron chi connectivity index (χ0n) is 13.0. The molecule has 1 N–H and O–H groups in total. The Morgan fingerprint density at radius 3 is 3.00 bits per heavy atom. The average molecular weight is 366 g/mol. The summed E-state index contributed by atoms with van der Waals surface area (Å²) in [7, 11) is 0. The van der Waals surface area contributed by atoms with E-state index in [1.54, 1.807) is 11.3 Å². The fourth-order valence-electron chi connectivity index (χ4n) is 2.87. The molecule has 0 bridgehead atoms. The molecule has 1 amide bonds. The predicted molar refractivity (Wildman–Crippen MR) is 94.7 cm³/mol. The highest BCUT2D eigenvalue weighted by Crippen LogP contribution is 2.32. The molecule has 126 valence electrons. The highest BCUT2D eigenvalue weighted by atomic mass is 35.5. The number of fused-ring (bicyclic) bond motifs is 1. The van der Waals surface area contributed by atoms with E-state index in [0.29, 0.717) is 5.69 Å². The fraction of sp³-hybridized carbons (Fsp3) is 0.312. The standard InChI is InChI=1S/C16H16ClN3O3S/c1-10-12-5-7-24-15(12)4-6-19(10)9-16(21)18-14-3-2-11(20(22)23)8-13(14)17/h2-3,5,7-8,10H,4,6,9H2,1H3,(H,18,21)/t10-/m1/s1. The van der Waals surface area contributed by atoms with E-state index in [1.165, 1.54) is 28.6 Å². The molecular weight excluding hydrogens is 350 g/mol. The number of hydrogen-bond acceptors (Lipinski definition) is 5. The number of non-ortho nitro benzene ring substituents is 1. The zero-order valence-corrected chi connectivity index (χ0v) is 14.6. The van der Waals surface area contributed by atoms with Crippen LogP contribution in [0.1, 0.15) is 23.4 Å². The Morgan fingerprint density at radius 2 is 2.29 bits per heavy atom. The topological polar surface area (TPSA) is 75.5 Å². The van der Waals surface area contributed by atoms with E-state index in [9.17, 15) is 14.9 Å². The van der Waals surface area contributed by atoms with Gasteiger partial charge in [-0.3, -0.25) is 19.8 Å². The summed E-state index contributed by atoms with van der Waals surface area (Å²) in [5.74, 6) is -0.184. The highest BCUT2D eigenvalue weighted by Gasteiger charge is 2.26. The van der Waals surface area contributed by atoms with Crippen molar-refractivity contribution < 1.29 is 9.72 Å². The number of rotatable bonds is 4. The molecule has 2 aromatic rings. The van der Waals surface area contributed by atoms with Crippen molar-refractivity contribution >= 4 is 40.2 Å². The van der Waals surface area contributed by atoms with Gasteiger partial charge in [0.2, 0.25) is 5.91 Å². The highest BCUT2D eigenvalue weighted by molar-refractivity contribution is 7.10. The van der Waals surface area contributed by atoms with Gasteiger partial charge in [-0.1, -0.05) is 11.6 Å². The van der Waals surface area contributed by atoms with Gasteiger partial charge in [0.15, 0.2) is 0 Å². The summed E-state index contributed by atoms with van der Waals surface area (Å²) in [6.45, 7) is 3.18. The zero-order chi connectivity index (χ0) is 17.3. The molecule has 3 rings (SSSR count). The third-order valence-corrected chi connectivity index (χ3v) is 5.50. The van der Waals surface area contributed by atoms with Crippen LogP contribution in [-0.2, 0) is 11.2 Å². The minimum absolute atomic E-state index is 0.104. The lowest BCUT2D eigenvalue weighted by Crippen LogP contribution is -2.39. The van der Waals surface area contributed by atoms with Crippen LogP contribution in [0.3, 0.4) is 0 Å². The van der Waals surface area contributed by atoms with Crippen molar-refractivity contribution in [3.8, 4) is 0 Å². The van der Waals surface area contributed by atoms with Crippen LogP contribution in [-0.4, -0.2) is 28.8 Å². The second-order valence-corrected chi connectivity index (χ2v) is 7.07. The van der Waals surface area contributed by atoms with E-state index in [4.69, 9.17) is 11.6 Å². The molecule has 0 spiro atoms. The van der Waals surface area contributed by atoms with Crippen molar-refractivity contribution in [2.24, 2.45) is 0 Å². The van der Waals surface area contributed by atoms with Crippen LogP contribution in [0.5, 0.6) is 0 Å². The van der Waals surface area contributed by atoms with Gasteiger partial charge in [0.1, 0.15) is 0 Å². The molecule has 1 aromatic carbocycles. The maximum atomic E-state index is 12.3. The third kappa shape index (κ3) is 3.43. The number of nitrogens with one attached hydrogen (secondary N) is 1. The largest absolute Gasteiger partial charge is 0.324 e. The number of benzene rings is 1. The first-order valence-electron chi connectivity index (χ1n) is 7.50. The van der Waals surface area contributed by atoms with Gasteiger partial charge in [-0.15, -0.1) is 11.3 Å². The Kier molecular flexibility index (Phi) is 4.84. The van der Waals surface area contributed by atoms with Gasteiger partial charge in [-0.05, 0) is 36.4 Å². The van der Waals surface area contributed by atoms with Gasteiger partial charge < -0.3 is 5.32 Å². The first-order valence-corrected chi connectivity index (χ1v) is 8.75. The van der Waals surface area contributed by atoms with Crippen LogP contribution in [0, 0.1) is 10.1 Å². The van der Waals surface area contributed by atoms with Gasteiger partial charge in [-0.2, -0.15) is 0 Å².